The first-order valence-electron chi connectivity index (χ1n) is 12.3. The lowest BCUT2D eigenvalue weighted by Crippen LogP contribution is -2.48. The lowest BCUT2D eigenvalue weighted by Gasteiger charge is -2.36. The maximum atomic E-state index is 8.36. The molecule has 0 amide bonds. The maximum absolute atomic E-state index is 8.36. The lowest BCUT2D eigenvalue weighted by atomic mass is 10.0. The molecule has 4 N–H and O–H groups in total. The second-order valence-corrected chi connectivity index (χ2v) is 9.14. The van der Waals surface area contributed by atoms with Crippen molar-refractivity contribution < 1.29 is 14.6 Å². The SMILES string of the molecule is CCCCOc1nc(N)c2[nH]cc(Cc3ccc(CN4CCN(C(C)C)CC4)cc3)c2n1.O=CO. The summed E-state index contributed by atoms with van der Waals surface area (Å²) in [7, 11) is 0. The van der Waals surface area contributed by atoms with Gasteiger partial charge in [-0.3, -0.25) is 14.6 Å². The van der Waals surface area contributed by atoms with Crippen molar-refractivity contribution in [1.82, 2.24) is 24.8 Å². The van der Waals surface area contributed by atoms with E-state index in [1.165, 1.54) is 11.1 Å². The number of aromatic amines is 1. The number of nitrogens with zero attached hydrogens (tertiary/aromatic N) is 4. The van der Waals surface area contributed by atoms with Crippen LogP contribution in [0.25, 0.3) is 11.0 Å². The number of unbranched alkanes of at least 4 members (excludes halogenated alkanes) is 1. The summed E-state index contributed by atoms with van der Waals surface area (Å²) in [6.07, 6.45) is 4.81. The highest BCUT2D eigenvalue weighted by Gasteiger charge is 2.19. The molecule has 2 aromatic heterocycles. The standard InChI is InChI=1S/C25H36N6O.CH2O2/c1-4-5-14-32-25-28-22-21(16-27-23(22)24(26)29-25)15-19-6-8-20(9-7-19)17-30-10-12-31(13-11-30)18(2)3;2-1-3/h6-9,16,18,27H,4-5,10-15,17H2,1-3H3,(H2,26,28,29);1H,(H,2,3). The highest BCUT2D eigenvalue weighted by molar-refractivity contribution is 5.87. The third kappa shape index (κ3) is 7.40. The number of piperazine rings is 1. The van der Waals surface area contributed by atoms with Crippen molar-refractivity contribution in [1.29, 1.82) is 0 Å². The third-order valence-corrected chi connectivity index (χ3v) is 6.30. The number of anilines is 1. The zero-order valence-electron chi connectivity index (χ0n) is 21.0. The number of H-pyrrole nitrogens is 1. The average molecular weight is 483 g/mol. The van der Waals surface area contributed by atoms with Crippen molar-refractivity contribution in [3.05, 3.63) is 47.2 Å². The normalized spacial score (nSPS) is 14.6. The third-order valence-electron chi connectivity index (χ3n) is 6.30. The van der Waals surface area contributed by atoms with E-state index in [2.05, 4.69) is 69.8 Å². The number of nitrogen functional groups attached to an aromatic ring is 1. The molecule has 9 nitrogen and oxygen atoms in total. The molecule has 0 unspecified atom stereocenters. The van der Waals surface area contributed by atoms with E-state index in [4.69, 9.17) is 20.4 Å². The molecule has 1 saturated heterocycles. The Kier molecular flexibility index (Phi) is 9.86. The first-order valence-corrected chi connectivity index (χ1v) is 12.3. The zero-order chi connectivity index (χ0) is 25.2. The minimum atomic E-state index is -0.250. The molecule has 0 aliphatic carbocycles. The Labute approximate surface area is 207 Å². The van der Waals surface area contributed by atoms with Gasteiger partial charge in [-0.05, 0) is 31.4 Å². The van der Waals surface area contributed by atoms with Crippen LogP contribution in [0.4, 0.5) is 5.82 Å². The van der Waals surface area contributed by atoms with Crippen LogP contribution in [-0.4, -0.2) is 75.2 Å². The van der Waals surface area contributed by atoms with E-state index in [-0.39, 0.29) is 6.47 Å². The summed E-state index contributed by atoms with van der Waals surface area (Å²) >= 11 is 0. The van der Waals surface area contributed by atoms with Crippen molar-refractivity contribution in [3.8, 4) is 6.01 Å². The Balaban J connectivity index is 0.00000108. The number of rotatable bonds is 9. The number of hydrogen-bond donors (Lipinski definition) is 3. The molecule has 0 atom stereocenters. The van der Waals surface area contributed by atoms with Crippen LogP contribution >= 0.6 is 0 Å². The van der Waals surface area contributed by atoms with Gasteiger partial charge in [0.15, 0.2) is 5.82 Å². The van der Waals surface area contributed by atoms with Crippen molar-refractivity contribution >= 4 is 23.3 Å². The lowest BCUT2D eigenvalue weighted by molar-refractivity contribution is -0.122. The van der Waals surface area contributed by atoms with Crippen LogP contribution in [0.15, 0.2) is 30.5 Å². The molecule has 1 aliphatic rings. The molecule has 9 heteroatoms. The number of fused-ring (bicyclic) bond motifs is 1. The smallest absolute Gasteiger partial charge is 0.319 e. The topological polar surface area (TPSA) is 121 Å². The Morgan fingerprint density at radius 2 is 1.80 bits per heavy atom. The second kappa shape index (κ2) is 13.1. The molecule has 4 rings (SSSR count). The molecular weight excluding hydrogens is 444 g/mol. The zero-order valence-corrected chi connectivity index (χ0v) is 21.0. The Morgan fingerprint density at radius 3 is 2.43 bits per heavy atom. The molecule has 3 heterocycles. The number of hydrogen-bond acceptors (Lipinski definition) is 7. The molecule has 0 saturated carbocycles. The number of ether oxygens (including phenoxy) is 1. The van der Waals surface area contributed by atoms with Gasteiger partial charge in [-0.15, -0.1) is 0 Å². The summed E-state index contributed by atoms with van der Waals surface area (Å²) in [5, 5.41) is 6.89. The van der Waals surface area contributed by atoms with E-state index < -0.39 is 0 Å². The monoisotopic (exact) mass is 482 g/mol. The first kappa shape index (κ1) is 26.4. The maximum Gasteiger partial charge on any atom is 0.319 e. The molecule has 1 fully saturated rings. The highest BCUT2D eigenvalue weighted by Crippen LogP contribution is 2.25. The molecule has 3 aromatic rings. The van der Waals surface area contributed by atoms with Crippen LogP contribution in [0.5, 0.6) is 6.01 Å². The van der Waals surface area contributed by atoms with Crippen LogP contribution in [0, 0.1) is 0 Å². The summed E-state index contributed by atoms with van der Waals surface area (Å²) in [4.78, 5) is 25.6. The van der Waals surface area contributed by atoms with Crippen molar-refractivity contribution in [2.24, 2.45) is 0 Å². The molecule has 1 aliphatic heterocycles. The van der Waals surface area contributed by atoms with E-state index in [9.17, 15) is 0 Å². The Morgan fingerprint density at radius 1 is 1.14 bits per heavy atom. The Hall–Kier alpha value is -3.17. The van der Waals surface area contributed by atoms with E-state index in [0.29, 0.717) is 24.5 Å². The van der Waals surface area contributed by atoms with Crippen molar-refractivity contribution in [3.63, 3.8) is 0 Å². The minimum Gasteiger partial charge on any atom is -0.483 e. The first-order chi connectivity index (χ1) is 16.9. The van der Waals surface area contributed by atoms with Crippen molar-refractivity contribution in [2.45, 2.75) is 52.6 Å². The van der Waals surface area contributed by atoms with Gasteiger partial charge in [-0.2, -0.15) is 9.97 Å². The van der Waals surface area contributed by atoms with Gasteiger partial charge < -0.3 is 20.6 Å². The summed E-state index contributed by atoms with van der Waals surface area (Å²) in [6.45, 7) is 12.7. The highest BCUT2D eigenvalue weighted by atomic mass is 16.5. The van der Waals surface area contributed by atoms with Gasteiger partial charge in [0.25, 0.3) is 6.47 Å². The van der Waals surface area contributed by atoms with Gasteiger partial charge in [-0.1, -0.05) is 37.6 Å². The Bertz CT molecular complexity index is 1060. The average Bonchev–Trinajstić information content (AvgIpc) is 3.24. The molecule has 190 valence electrons. The fraction of sp³-hybridized carbons (Fsp3) is 0.500. The van der Waals surface area contributed by atoms with Crippen LogP contribution < -0.4 is 10.5 Å². The quantitative estimate of drug-likeness (QED) is 0.313. The number of aromatic nitrogens is 3. The van der Waals surface area contributed by atoms with Crippen LogP contribution in [0.2, 0.25) is 0 Å². The van der Waals surface area contributed by atoms with E-state index >= 15 is 0 Å². The number of nitrogens with two attached hydrogens (primary N) is 1. The summed E-state index contributed by atoms with van der Waals surface area (Å²) in [6, 6.07) is 9.95. The van der Waals surface area contributed by atoms with E-state index in [1.807, 2.05) is 6.20 Å². The number of carboxylic acid groups (broad SMARTS) is 1. The molecule has 1 aromatic carbocycles. The van der Waals surface area contributed by atoms with E-state index in [0.717, 1.165) is 68.6 Å². The summed E-state index contributed by atoms with van der Waals surface area (Å²) < 4.78 is 5.69. The number of carbonyl (C=O) groups is 1. The predicted octanol–water partition coefficient (Wildman–Crippen LogP) is 3.54. The molecular formula is C26H38N6O3. The van der Waals surface area contributed by atoms with Gasteiger partial charge in [0, 0.05) is 56.9 Å². The molecule has 0 bridgehead atoms. The summed E-state index contributed by atoms with van der Waals surface area (Å²) in [5.41, 5.74) is 11.5. The molecule has 0 spiro atoms. The molecule has 35 heavy (non-hydrogen) atoms. The van der Waals surface area contributed by atoms with Crippen LogP contribution in [0.1, 0.15) is 50.3 Å². The largest absolute Gasteiger partial charge is 0.483 e. The summed E-state index contributed by atoms with van der Waals surface area (Å²) in [5.74, 6) is 0.431. The second-order valence-electron chi connectivity index (χ2n) is 9.14. The van der Waals surface area contributed by atoms with Gasteiger partial charge in [0.1, 0.15) is 11.0 Å². The minimum absolute atomic E-state index is 0.250. The van der Waals surface area contributed by atoms with Gasteiger partial charge in [0.2, 0.25) is 0 Å². The van der Waals surface area contributed by atoms with Crippen molar-refractivity contribution in [2.75, 3.05) is 38.5 Å². The number of benzene rings is 1. The van der Waals surface area contributed by atoms with Gasteiger partial charge in [-0.25, -0.2) is 0 Å². The fourth-order valence-corrected chi connectivity index (χ4v) is 4.24. The van der Waals surface area contributed by atoms with Crippen LogP contribution in [0.3, 0.4) is 0 Å². The molecule has 0 radical (unpaired) electrons. The predicted molar refractivity (Wildman–Crippen MR) is 139 cm³/mol. The van der Waals surface area contributed by atoms with Crippen LogP contribution in [-0.2, 0) is 17.8 Å². The number of nitrogens with one attached hydrogen (secondary N) is 1. The fourth-order valence-electron chi connectivity index (χ4n) is 4.24. The van der Waals surface area contributed by atoms with Gasteiger partial charge >= 0.3 is 6.01 Å². The van der Waals surface area contributed by atoms with E-state index in [1.54, 1.807) is 0 Å². The van der Waals surface area contributed by atoms with Gasteiger partial charge in [0.05, 0.1) is 6.61 Å².